The van der Waals surface area contributed by atoms with Gasteiger partial charge in [0, 0.05) is 23.2 Å². The number of nitrogens with one attached hydrogen (secondary N) is 1. The van der Waals surface area contributed by atoms with Gasteiger partial charge in [0.15, 0.2) is 0 Å². The summed E-state index contributed by atoms with van der Waals surface area (Å²) in [4.78, 5) is 20.2. The molecule has 2 N–H and O–H groups in total. The summed E-state index contributed by atoms with van der Waals surface area (Å²) in [6.45, 7) is 0.270. The van der Waals surface area contributed by atoms with E-state index >= 15 is 0 Å². The summed E-state index contributed by atoms with van der Waals surface area (Å²) < 4.78 is 0.605. The molecule has 1 amide bonds. The first-order valence-electron chi connectivity index (χ1n) is 4.40. The van der Waals surface area contributed by atoms with Crippen molar-refractivity contribution in [2.75, 3.05) is 6.54 Å². The highest BCUT2D eigenvalue weighted by molar-refractivity contribution is 9.10. The predicted octanol–water partition coefficient (Wildman–Crippen LogP) is 2.17. The molecule has 0 aromatic heterocycles. The van der Waals surface area contributed by atoms with E-state index in [1.807, 2.05) is 0 Å². The SMILES string of the molecule is O=C(O)NCCc1ccc([N+](=O)[O-])cc1Br. The van der Waals surface area contributed by atoms with Crippen molar-refractivity contribution in [3.05, 3.63) is 38.3 Å². The van der Waals surface area contributed by atoms with E-state index in [-0.39, 0.29) is 12.2 Å². The van der Waals surface area contributed by atoms with Gasteiger partial charge in [0.2, 0.25) is 0 Å². The van der Waals surface area contributed by atoms with Crippen LogP contribution in [0.4, 0.5) is 10.5 Å². The van der Waals surface area contributed by atoms with E-state index in [9.17, 15) is 14.9 Å². The van der Waals surface area contributed by atoms with E-state index in [1.54, 1.807) is 6.07 Å². The lowest BCUT2D eigenvalue weighted by Gasteiger charge is -2.04. The lowest BCUT2D eigenvalue weighted by molar-refractivity contribution is -0.384. The van der Waals surface area contributed by atoms with E-state index in [1.165, 1.54) is 12.1 Å². The first kappa shape index (κ1) is 12.4. The number of hydrogen-bond acceptors (Lipinski definition) is 3. The Balaban J connectivity index is 2.68. The van der Waals surface area contributed by atoms with Crippen molar-refractivity contribution in [1.82, 2.24) is 5.32 Å². The van der Waals surface area contributed by atoms with Gasteiger partial charge in [-0.1, -0.05) is 22.0 Å². The molecule has 0 aliphatic heterocycles. The Morgan fingerprint density at radius 3 is 2.75 bits per heavy atom. The Morgan fingerprint density at radius 1 is 1.56 bits per heavy atom. The maximum absolute atomic E-state index is 10.5. The molecule has 1 aromatic rings. The number of nitro benzene ring substituents is 1. The van der Waals surface area contributed by atoms with Crippen molar-refractivity contribution in [1.29, 1.82) is 0 Å². The van der Waals surface area contributed by atoms with Crippen LogP contribution < -0.4 is 5.32 Å². The molecule has 0 unspecified atom stereocenters. The van der Waals surface area contributed by atoms with Crippen LogP contribution in [-0.4, -0.2) is 22.7 Å². The zero-order valence-electron chi connectivity index (χ0n) is 8.14. The molecule has 0 aliphatic rings. The molecule has 0 radical (unpaired) electrons. The second-order valence-electron chi connectivity index (χ2n) is 3.01. The van der Waals surface area contributed by atoms with Gasteiger partial charge >= 0.3 is 6.09 Å². The summed E-state index contributed by atoms with van der Waals surface area (Å²) in [5, 5.41) is 21.0. The highest BCUT2D eigenvalue weighted by Gasteiger charge is 2.08. The number of carbonyl (C=O) groups is 1. The average Bonchev–Trinajstić information content (AvgIpc) is 2.19. The predicted molar refractivity (Wildman–Crippen MR) is 60.5 cm³/mol. The van der Waals surface area contributed by atoms with E-state index in [4.69, 9.17) is 5.11 Å². The molecule has 0 aliphatic carbocycles. The van der Waals surface area contributed by atoms with Crippen LogP contribution in [0.2, 0.25) is 0 Å². The number of amides is 1. The number of nitro groups is 1. The quantitative estimate of drug-likeness (QED) is 0.656. The molecule has 0 saturated carbocycles. The van der Waals surface area contributed by atoms with Gasteiger partial charge in [0.25, 0.3) is 5.69 Å². The third-order valence-electron chi connectivity index (χ3n) is 1.92. The summed E-state index contributed by atoms with van der Waals surface area (Å²) in [6, 6.07) is 4.39. The Labute approximate surface area is 99.6 Å². The molecule has 7 heteroatoms. The molecule has 86 valence electrons. The minimum absolute atomic E-state index is 0.00168. The molecule has 16 heavy (non-hydrogen) atoms. The van der Waals surface area contributed by atoms with Crippen LogP contribution in [0.15, 0.2) is 22.7 Å². The zero-order valence-corrected chi connectivity index (χ0v) is 9.73. The number of nitrogens with zero attached hydrogens (tertiary/aromatic N) is 1. The largest absolute Gasteiger partial charge is 0.465 e. The van der Waals surface area contributed by atoms with Crippen molar-refractivity contribution >= 4 is 27.7 Å². The second-order valence-corrected chi connectivity index (χ2v) is 3.87. The number of hydrogen-bond donors (Lipinski definition) is 2. The Hall–Kier alpha value is -1.63. The zero-order chi connectivity index (χ0) is 12.1. The van der Waals surface area contributed by atoms with Crippen LogP contribution in [0, 0.1) is 10.1 Å². The molecule has 1 aromatic carbocycles. The van der Waals surface area contributed by atoms with Crippen LogP contribution in [0.25, 0.3) is 0 Å². The van der Waals surface area contributed by atoms with Gasteiger partial charge in [-0.15, -0.1) is 0 Å². The Kier molecular flexibility index (Phi) is 4.24. The topological polar surface area (TPSA) is 92.5 Å². The number of benzene rings is 1. The van der Waals surface area contributed by atoms with Gasteiger partial charge in [-0.05, 0) is 12.0 Å². The second kappa shape index (κ2) is 5.45. The van der Waals surface area contributed by atoms with E-state index in [2.05, 4.69) is 21.2 Å². The average molecular weight is 289 g/mol. The van der Waals surface area contributed by atoms with Crippen molar-refractivity contribution in [3.8, 4) is 0 Å². The molecule has 0 saturated heterocycles. The fourth-order valence-corrected chi connectivity index (χ4v) is 1.72. The number of rotatable bonds is 4. The third kappa shape index (κ3) is 3.50. The summed E-state index contributed by atoms with van der Waals surface area (Å²) in [5.74, 6) is 0. The minimum atomic E-state index is -1.09. The third-order valence-corrected chi connectivity index (χ3v) is 2.66. The molecule has 1 rings (SSSR count). The van der Waals surface area contributed by atoms with Crippen molar-refractivity contribution in [2.24, 2.45) is 0 Å². The normalized spacial score (nSPS) is 9.81. The molecule has 0 heterocycles. The molecule has 0 atom stereocenters. The van der Waals surface area contributed by atoms with Crippen molar-refractivity contribution in [3.63, 3.8) is 0 Å². The van der Waals surface area contributed by atoms with Gasteiger partial charge in [0.05, 0.1) is 4.92 Å². The summed E-state index contributed by atoms with van der Waals surface area (Å²) >= 11 is 3.20. The first-order valence-corrected chi connectivity index (χ1v) is 5.19. The highest BCUT2D eigenvalue weighted by atomic mass is 79.9. The van der Waals surface area contributed by atoms with Gasteiger partial charge in [-0.2, -0.15) is 0 Å². The van der Waals surface area contributed by atoms with E-state index in [0.29, 0.717) is 10.9 Å². The Morgan fingerprint density at radius 2 is 2.25 bits per heavy atom. The van der Waals surface area contributed by atoms with Crippen LogP contribution in [0.3, 0.4) is 0 Å². The van der Waals surface area contributed by atoms with Gasteiger partial charge in [-0.3, -0.25) is 10.1 Å². The fraction of sp³-hybridized carbons (Fsp3) is 0.222. The highest BCUT2D eigenvalue weighted by Crippen LogP contribution is 2.23. The number of non-ortho nitro benzene ring substituents is 1. The molecule has 0 spiro atoms. The van der Waals surface area contributed by atoms with E-state index < -0.39 is 11.0 Å². The maximum Gasteiger partial charge on any atom is 0.404 e. The van der Waals surface area contributed by atoms with Crippen LogP contribution in [-0.2, 0) is 6.42 Å². The molecule has 6 nitrogen and oxygen atoms in total. The van der Waals surface area contributed by atoms with Crippen molar-refractivity contribution in [2.45, 2.75) is 6.42 Å². The molecular formula is C9H9BrN2O4. The lowest BCUT2D eigenvalue weighted by atomic mass is 10.1. The number of carboxylic acid groups (broad SMARTS) is 1. The Bertz CT molecular complexity index is 422. The summed E-state index contributed by atoms with van der Waals surface area (Å²) in [6.07, 6.45) is -0.608. The summed E-state index contributed by atoms with van der Waals surface area (Å²) in [5.41, 5.74) is 0.821. The minimum Gasteiger partial charge on any atom is -0.465 e. The molecule has 0 fully saturated rings. The van der Waals surface area contributed by atoms with Crippen molar-refractivity contribution < 1.29 is 14.8 Å². The van der Waals surface area contributed by atoms with Gasteiger partial charge in [-0.25, -0.2) is 4.79 Å². The van der Waals surface area contributed by atoms with Gasteiger partial charge < -0.3 is 10.4 Å². The monoisotopic (exact) mass is 288 g/mol. The standard InChI is InChI=1S/C9H9BrN2O4/c10-8-5-7(12(15)16)2-1-6(8)3-4-11-9(13)14/h1-2,5,11H,3-4H2,(H,13,14). The van der Waals surface area contributed by atoms with Crippen LogP contribution in [0.5, 0.6) is 0 Å². The number of halogens is 1. The molecule has 0 bridgehead atoms. The van der Waals surface area contributed by atoms with E-state index in [0.717, 1.165) is 5.56 Å². The smallest absolute Gasteiger partial charge is 0.404 e. The first-order chi connectivity index (χ1) is 7.50. The molecular weight excluding hydrogens is 280 g/mol. The summed E-state index contributed by atoms with van der Waals surface area (Å²) in [7, 11) is 0. The van der Waals surface area contributed by atoms with Crippen LogP contribution in [0.1, 0.15) is 5.56 Å². The maximum atomic E-state index is 10.5. The van der Waals surface area contributed by atoms with Gasteiger partial charge in [0.1, 0.15) is 0 Å². The van der Waals surface area contributed by atoms with Crippen LogP contribution >= 0.6 is 15.9 Å². The lowest BCUT2D eigenvalue weighted by Crippen LogP contribution is -2.23. The fourth-order valence-electron chi connectivity index (χ4n) is 1.16.